The number of rotatable bonds is 7. The second-order valence-corrected chi connectivity index (χ2v) is 4.96. The summed E-state index contributed by atoms with van der Waals surface area (Å²) >= 11 is 0. The third kappa shape index (κ3) is 5.42. The van der Waals surface area contributed by atoms with Gasteiger partial charge < -0.3 is 20.8 Å². The predicted molar refractivity (Wildman–Crippen MR) is 76.0 cm³/mol. The van der Waals surface area contributed by atoms with E-state index in [0.29, 0.717) is 19.5 Å². The number of aromatic nitrogens is 2. The highest BCUT2D eigenvalue weighted by molar-refractivity contribution is 5.82. The number of aliphatic hydroxyl groups excluding tert-OH is 1. The molecule has 0 aliphatic carbocycles. The number of aryl methyl sites for hydroxylation is 3. The highest BCUT2D eigenvalue weighted by Gasteiger charge is 2.24. The fraction of sp³-hybridized carbons (Fsp3) is 0.615. The van der Waals surface area contributed by atoms with Crippen molar-refractivity contribution in [3.63, 3.8) is 0 Å². The number of aliphatic carboxylic acids is 1. The maximum absolute atomic E-state index is 11.5. The first-order valence-electron chi connectivity index (χ1n) is 6.77. The van der Waals surface area contributed by atoms with E-state index in [1.54, 1.807) is 0 Å². The number of carboxylic acid groups (broad SMARTS) is 1. The summed E-state index contributed by atoms with van der Waals surface area (Å²) in [4.78, 5) is 22.3. The SMILES string of the molecule is Cc1cc(C)n(CCCNC(=O)NC(C(=O)O)C(C)O)n1. The highest BCUT2D eigenvalue weighted by Crippen LogP contribution is 2.02. The van der Waals surface area contributed by atoms with Crippen LogP contribution in [0.2, 0.25) is 0 Å². The van der Waals surface area contributed by atoms with Gasteiger partial charge >= 0.3 is 12.0 Å². The molecule has 1 heterocycles. The van der Waals surface area contributed by atoms with Crippen LogP contribution in [0.5, 0.6) is 0 Å². The average molecular weight is 298 g/mol. The highest BCUT2D eigenvalue weighted by atomic mass is 16.4. The van der Waals surface area contributed by atoms with Gasteiger partial charge in [-0.1, -0.05) is 0 Å². The van der Waals surface area contributed by atoms with Crippen LogP contribution in [0.4, 0.5) is 4.79 Å². The lowest BCUT2D eigenvalue weighted by Gasteiger charge is -2.17. The number of nitrogens with one attached hydrogen (secondary N) is 2. The first-order valence-corrected chi connectivity index (χ1v) is 6.77. The molecule has 1 rings (SSSR count). The zero-order chi connectivity index (χ0) is 16.0. The molecule has 0 fully saturated rings. The lowest BCUT2D eigenvalue weighted by Crippen LogP contribution is -2.51. The smallest absolute Gasteiger partial charge is 0.328 e. The molecular weight excluding hydrogens is 276 g/mol. The Labute approximate surface area is 123 Å². The van der Waals surface area contributed by atoms with Crippen molar-refractivity contribution >= 4 is 12.0 Å². The second-order valence-electron chi connectivity index (χ2n) is 4.96. The Morgan fingerprint density at radius 1 is 1.43 bits per heavy atom. The van der Waals surface area contributed by atoms with Crippen LogP contribution in [0.25, 0.3) is 0 Å². The van der Waals surface area contributed by atoms with Crippen molar-refractivity contribution in [2.45, 2.75) is 45.9 Å². The van der Waals surface area contributed by atoms with E-state index in [-0.39, 0.29) is 0 Å². The number of carboxylic acids is 1. The molecule has 0 saturated carbocycles. The van der Waals surface area contributed by atoms with Gasteiger partial charge in [0.05, 0.1) is 11.8 Å². The molecule has 0 radical (unpaired) electrons. The summed E-state index contributed by atoms with van der Waals surface area (Å²) in [5.74, 6) is -1.28. The van der Waals surface area contributed by atoms with E-state index < -0.39 is 24.1 Å². The molecule has 0 aliphatic rings. The normalized spacial score (nSPS) is 13.5. The second kappa shape index (κ2) is 7.63. The zero-order valence-electron chi connectivity index (χ0n) is 12.5. The van der Waals surface area contributed by atoms with Gasteiger partial charge in [0.25, 0.3) is 0 Å². The van der Waals surface area contributed by atoms with Gasteiger partial charge in [-0.3, -0.25) is 4.68 Å². The van der Waals surface area contributed by atoms with Crippen LogP contribution in [-0.4, -0.2) is 50.7 Å². The van der Waals surface area contributed by atoms with Gasteiger partial charge in [-0.05, 0) is 33.3 Å². The molecular formula is C13H22N4O4. The third-order valence-corrected chi connectivity index (χ3v) is 2.97. The van der Waals surface area contributed by atoms with Gasteiger partial charge in [-0.15, -0.1) is 0 Å². The molecule has 1 aromatic heterocycles. The Morgan fingerprint density at radius 3 is 2.57 bits per heavy atom. The largest absolute Gasteiger partial charge is 0.480 e. The molecule has 4 N–H and O–H groups in total. The quantitative estimate of drug-likeness (QED) is 0.530. The number of hydrogen-bond donors (Lipinski definition) is 4. The van der Waals surface area contributed by atoms with E-state index in [2.05, 4.69) is 15.7 Å². The maximum atomic E-state index is 11.5. The standard InChI is InChI=1S/C13H22N4O4/c1-8-7-9(2)17(16-8)6-4-5-14-13(21)15-11(10(3)18)12(19)20/h7,10-11,18H,4-6H2,1-3H3,(H,19,20)(H2,14,15,21). The molecule has 118 valence electrons. The van der Waals surface area contributed by atoms with Crippen LogP contribution in [0.15, 0.2) is 6.07 Å². The molecule has 0 bridgehead atoms. The predicted octanol–water partition coefficient (Wildman–Crippen LogP) is 0.0232. The Bertz CT molecular complexity index is 498. The maximum Gasteiger partial charge on any atom is 0.328 e. The van der Waals surface area contributed by atoms with Crippen molar-refractivity contribution < 1.29 is 19.8 Å². The van der Waals surface area contributed by atoms with Gasteiger partial charge in [0.15, 0.2) is 6.04 Å². The van der Waals surface area contributed by atoms with Crippen LogP contribution >= 0.6 is 0 Å². The summed E-state index contributed by atoms with van der Waals surface area (Å²) in [6.45, 7) is 6.23. The van der Waals surface area contributed by atoms with Crippen molar-refractivity contribution in [1.29, 1.82) is 0 Å². The molecule has 0 saturated heterocycles. The van der Waals surface area contributed by atoms with Gasteiger partial charge in [0.1, 0.15) is 0 Å². The number of amides is 2. The van der Waals surface area contributed by atoms with E-state index in [0.717, 1.165) is 11.4 Å². The van der Waals surface area contributed by atoms with E-state index in [4.69, 9.17) is 5.11 Å². The molecule has 21 heavy (non-hydrogen) atoms. The number of nitrogens with zero attached hydrogens (tertiary/aromatic N) is 2. The average Bonchev–Trinajstić information content (AvgIpc) is 2.69. The Balaban J connectivity index is 2.30. The van der Waals surface area contributed by atoms with Crippen molar-refractivity contribution in [2.24, 2.45) is 0 Å². The molecule has 2 unspecified atom stereocenters. The van der Waals surface area contributed by atoms with E-state index >= 15 is 0 Å². The molecule has 8 heteroatoms. The number of aliphatic hydroxyl groups is 1. The molecule has 0 aliphatic heterocycles. The van der Waals surface area contributed by atoms with E-state index in [1.807, 2.05) is 24.6 Å². The summed E-state index contributed by atoms with van der Waals surface area (Å²) in [5.41, 5.74) is 2.00. The van der Waals surface area contributed by atoms with Crippen molar-refractivity contribution in [1.82, 2.24) is 20.4 Å². The van der Waals surface area contributed by atoms with Crippen molar-refractivity contribution in [3.8, 4) is 0 Å². The molecule has 0 aromatic carbocycles. The zero-order valence-corrected chi connectivity index (χ0v) is 12.5. The topological polar surface area (TPSA) is 116 Å². The number of urea groups is 1. The molecule has 2 atom stereocenters. The third-order valence-electron chi connectivity index (χ3n) is 2.97. The minimum atomic E-state index is -1.32. The first kappa shape index (κ1) is 17.0. The van der Waals surface area contributed by atoms with Crippen LogP contribution in [0, 0.1) is 13.8 Å². The van der Waals surface area contributed by atoms with Gasteiger partial charge in [0, 0.05) is 18.8 Å². The van der Waals surface area contributed by atoms with Gasteiger partial charge in [0.2, 0.25) is 0 Å². The number of carbonyl (C=O) groups excluding carboxylic acids is 1. The Kier molecular flexibility index (Phi) is 6.16. The van der Waals surface area contributed by atoms with Gasteiger partial charge in [-0.25, -0.2) is 9.59 Å². The van der Waals surface area contributed by atoms with Crippen molar-refractivity contribution in [3.05, 3.63) is 17.5 Å². The van der Waals surface area contributed by atoms with Crippen LogP contribution in [-0.2, 0) is 11.3 Å². The van der Waals surface area contributed by atoms with E-state index in [1.165, 1.54) is 6.92 Å². The van der Waals surface area contributed by atoms with Crippen LogP contribution in [0.1, 0.15) is 24.7 Å². The summed E-state index contributed by atoms with van der Waals surface area (Å²) in [6, 6.07) is 0.0397. The van der Waals surface area contributed by atoms with Crippen LogP contribution < -0.4 is 10.6 Å². The number of hydrogen-bond acceptors (Lipinski definition) is 4. The van der Waals surface area contributed by atoms with Crippen molar-refractivity contribution in [2.75, 3.05) is 6.54 Å². The summed E-state index contributed by atoms with van der Waals surface area (Å²) in [6.07, 6.45) is -0.495. The van der Waals surface area contributed by atoms with Gasteiger partial charge in [-0.2, -0.15) is 5.10 Å². The first-order chi connectivity index (χ1) is 9.81. The molecule has 1 aromatic rings. The lowest BCUT2D eigenvalue weighted by molar-refractivity contribution is -0.141. The fourth-order valence-corrected chi connectivity index (χ4v) is 1.91. The molecule has 0 spiro atoms. The summed E-state index contributed by atoms with van der Waals surface area (Å²) in [7, 11) is 0. The minimum Gasteiger partial charge on any atom is -0.480 e. The van der Waals surface area contributed by atoms with E-state index in [9.17, 15) is 14.7 Å². The minimum absolute atomic E-state index is 0.385. The van der Waals surface area contributed by atoms with Crippen LogP contribution in [0.3, 0.4) is 0 Å². The Hall–Kier alpha value is -2.09. The monoisotopic (exact) mass is 298 g/mol. The summed E-state index contributed by atoms with van der Waals surface area (Å²) < 4.78 is 1.85. The molecule has 8 nitrogen and oxygen atoms in total. The Morgan fingerprint density at radius 2 is 2.10 bits per heavy atom. The lowest BCUT2D eigenvalue weighted by atomic mass is 10.2. The fourth-order valence-electron chi connectivity index (χ4n) is 1.91. The molecule has 2 amide bonds. The number of carbonyl (C=O) groups is 2. The summed E-state index contributed by atoms with van der Waals surface area (Å²) in [5, 5.41) is 27.1.